The summed E-state index contributed by atoms with van der Waals surface area (Å²) in [5.41, 5.74) is 3.24. The van der Waals surface area contributed by atoms with Crippen LogP contribution in [-0.4, -0.2) is 33.9 Å². The fraction of sp³-hybridized carbons (Fsp3) is 0.389. The van der Waals surface area contributed by atoms with Crippen molar-refractivity contribution in [3.05, 3.63) is 53.3 Å². The van der Waals surface area contributed by atoms with E-state index in [0.29, 0.717) is 24.8 Å². The molecule has 1 aliphatic heterocycles. The number of nitrogens with one attached hydrogen (secondary N) is 1. The molecule has 0 aliphatic carbocycles. The average Bonchev–Trinajstić information content (AvgIpc) is 2.89. The van der Waals surface area contributed by atoms with Crippen LogP contribution in [0.15, 0.2) is 36.5 Å². The minimum absolute atomic E-state index is 0.224. The van der Waals surface area contributed by atoms with Gasteiger partial charge in [0, 0.05) is 43.9 Å². The van der Waals surface area contributed by atoms with Crippen molar-refractivity contribution < 1.29 is 4.79 Å². The maximum atomic E-state index is 12.2. The van der Waals surface area contributed by atoms with Gasteiger partial charge in [0.2, 0.25) is 11.9 Å². The zero-order chi connectivity index (χ0) is 16.2. The smallest absolute Gasteiger partial charge is 0.223 e. The molecule has 0 radical (unpaired) electrons. The molecule has 0 saturated carbocycles. The Morgan fingerprint density at radius 2 is 2.04 bits per heavy atom. The van der Waals surface area contributed by atoms with Crippen molar-refractivity contribution in [3.8, 4) is 0 Å². The minimum Gasteiger partial charge on any atom is -0.354 e. The van der Waals surface area contributed by atoms with Gasteiger partial charge in [-0.05, 0) is 25.0 Å². The van der Waals surface area contributed by atoms with Crippen LogP contribution in [0.4, 0.5) is 5.95 Å². The highest BCUT2D eigenvalue weighted by Crippen LogP contribution is 2.20. The fourth-order valence-electron chi connectivity index (χ4n) is 2.80. The summed E-state index contributed by atoms with van der Waals surface area (Å²) < 4.78 is 0. The monoisotopic (exact) mass is 310 g/mol. The average molecular weight is 310 g/mol. The van der Waals surface area contributed by atoms with Crippen LogP contribution < -0.4 is 5.32 Å². The van der Waals surface area contributed by atoms with Gasteiger partial charge in [0.15, 0.2) is 0 Å². The molecule has 23 heavy (non-hydrogen) atoms. The van der Waals surface area contributed by atoms with Crippen molar-refractivity contribution in [2.24, 2.45) is 5.92 Å². The molecule has 5 heteroatoms. The first-order chi connectivity index (χ1) is 11.1. The van der Waals surface area contributed by atoms with E-state index >= 15 is 0 Å². The third-order valence-corrected chi connectivity index (χ3v) is 4.28. The molecule has 0 spiro atoms. The van der Waals surface area contributed by atoms with Crippen molar-refractivity contribution >= 4 is 11.9 Å². The van der Waals surface area contributed by atoms with E-state index in [0.717, 1.165) is 24.3 Å². The standard InChI is InChI=1S/C18H22N4O/c1-13-9-19-18(21-14(13)2)20-10-16-8-17(23)22(12-16)11-15-6-4-3-5-7-15/h3-7,9,16H,8,10-12H2,1-2H3,(H,19,20,21). The lowest BCUT2D eigenvalue weighted by Crippen LogP contribution is -2.25. The van der Waals surface area contributed by atoms with Crippen molar-refractivity contribution in [3.63, 3.8) is 0 Å². The number of aromatic nitrogens is 2. The van der Waals surface area contributed by atoms with Gasteiger partial charge >= 0.3 is 0 Å². The molecule has 120 valence electrons. The van der Waals surface area contributed by atoms with Crippen LogP contribution in [0.3, 0.4) is 0 Å². The summed E-state index contributed by atoms with van der Waals surface area (Å²) in [6.45, 7) is 6.17. The molecule has 1 amide bonds. The Kier molecular flexibility index (Phi) is 4.55. The lowest BCUT2D eigenvalue weighted by molar-refractivity contribution is -0.128. The molecule has 2 heterocycles. The van der Waals surface area contributed by atoms with Crippen LogP contribution in [0.1, 0.15) is 23.2 Å². The van der Waals surface area contributed by atoms with E-state index < -0.39 is 0 Å². The van der Waals surface area contributed by atoms with Crippen LogP contribution in [0.5, 0.6) is 0 Å². The molecule has 1 N–H and O–H groups in total. The topological polar surface area (TPSA) is 58.1 Å². The highest BCUT2D eigenvalue weighted by molar-refractivity contribution is 5.78. The second-order valence-electron chi connectivity index (χ2n) is 6.17. The van der Waals surface area contributed by atoms with Crippen LogP contribution in [0, 0.1) is 19.8 Å². The summed E-state index contributed by atoms with van der Waals surface area (Å²) in [6.07, 6.45) is 2.41. The van der Waals surface area contributed by atoms with Gasteiger partial charge in [-0.3, -0.25) is 4.79 Å². The molecule has 0 bridgehead atoms. The van der Waals surface area contributed by atoms with Gasteiger partial charge in [-0.25, -0.2) is 9.97 Å². The molecule has 1 aromatic carbocycles. The van der Waals surface area contributed by atoms with Crippen LogP contribution in [-0.2, 0) is 11.3 Å². The van der Waals surface area contributed by atoms with E-state index in [1.807, 2.05) is 43.1 Å². The first-order valence-corrected chi connectivity index (χ1v) is 7.97. The lowest BCUT2D eigenvalue weighted by Gasteiger charge is -2.17. The Balaban J connectivity index is 1.54. The molecule has 1 atom stereocenters. The molecule has 1 aliphatic rings. The molecular weight excluding hydrogens is 288 g/mol. The number of nitrogens with zero attached hydrogens (tertiary/aromatic N) is 3. The van der Waals surface area contributed by atoms with Gasteiger partial charge < -0.3 is 10.2 Å². The van der Waals surface area contributed by atoms with Gasteiger partial charge in [-0.1, -0.05) is 30.3 Å². The van der Waals surface area contributed by atoms with Crippen LogP contribution in [0.25, 0.3) is 0 Å². The second kappa shape index (κ2) is 6.77. The van der Waals surface area contributed by atoms with E-state index in [9.17, 15) is 4.79 Å². The number of benzene rings is 1. The Bertz CT molecular complexity index is 687. The zero-order valence-electron chi connectivity index (χ0n) is 13.6. The number of hydrogen-bond donors (Lipinski definition) is 1. The van der Waals surface area contributed by atoms with Gasteiger partial charge in [-0.15, -0.1) is 0 Å². The number of likely N-dealkylation sites (tertiary alicyclic amines) is 1. The molecule has 3 rings (SSSR count). The largest absolute Gasteiger partial charge is 0.354 e. The SMILES string of the molecule is Cc1cnc(NCC2CC(=O)N(Cc3ccccc3)C2)nc1C. The van der Waals surface area contributed by atoms with E-state index in [2.05, 4.69) is 27.4 Å². The maximum Gasteiger partial charge on any atom is 0.223 e. The van der Waals surface area contributed by atoms with Gasteiger partial charge in [-0.2, -0.15) is 0 Å². The zero-order valence-corrected chi connectivity index (χ0v) is 13.6. The number of amides is 1. The number of rotatable bonds is 5. The molecule has 1 fully saturated rings. The summed E-state index contributed by atoms with van der Waals surface area (Å²) in [4.78, 5) is 22.8. The maximum absolute atomic E-state index is 12.2. The molecule has 1 unspecified atom stereocenters. The Morgan fingerprint density at radius 1 is 1.26 bits per heavy atom. The van der Waals surface area contributed by atoms with Gasteiger partial charge in [0.25, 0.3) is 0 Å². The van der Waals surface area contributed by atoms with Gasteiger partial charge in [0.1, 0.15) is 0 Å². The first kappa shape index (κ1) is 15.5. The van der Waals surface area contributed by atoms with E-state index in [1.54, 1.807) is 0 Å². The Labute approximate surface area is 136 Å². The molecule has 1 saturated heterocycles. The Hall–Kier alpha value is -2.43. The number of aryl methyl sites for hydroxylation is 2. The first-order valence-electron chi connectivity index (χ1n) is 7.97. The molecule has 5 nitrogen and oxygen atoms in total. The second-order valence-corrected chi connectivity index (χ2v) is 6.17. The third kappa shape index (κ3) is 3.86. The van der Waals surface area contributed by atoms with Crippen LogP contribution in [0.2, 0.25) is 0 Å². The molecule has 1 aromatic heterocycles. The summed E-state index contributed by atoms with van der Waals surface area (Å²) in [5, 5.41) is 3.26. The molecular formula is C18H22N4O. The number of carbonyl (C=O) groups is 1. The van der Waals surface area contributed by atoms with Crippen molar-refractivity contribution in [2.45, 2.75) is 26.8 Å². The van der Waals surface area contributed by atoms with Crippen LogP contribution >= 0.6 is 0 Å². The predicted octanol–water partition coefficient (Wildman–Crippen LogP) is 2.55. The highest BCUT2D eigenvalue weighted by Gasteiger charge is 2.29. The van der Waals surface area contributed by atoms with Crippen molar-refractivity contribution in [1.29, 1.82) is 0 Å². The van der Waals surface area contributed by atoms with Crippen molar-refractivity contribution in [1.82, 2.24) is 14.9 Å². The number of carbonyl (C=O) groups excluding carboxylic acids is 1. The molecule has 2 aromatic rings. The summed E-state index contributed by atoms with van der Waals surface area (Å²) in [7, 11) is 0. The quantitative estimate of drug-likeness (QED) is 0.922. The van der Waals surface area contributed by atoms with E-state index in [-0.39, 0.29) is 5.91 Å². The minimum atomic E-state index is 0.224. The van der Waals surface area contributed by atoms with E-state index in [1.165, 1.54) is 5.56 Å². The van der Waals surface area contributed by atoms with E-state index in [4.69, 9.17) is 0 Å². The fourth-order valence-corrected chi connectivity index (χ4v) is 2.80. The predicted molar refractivity (Wildman–Crippen MR) is 90.0 cm³/mol. The summed E-state index contributed by atoms with van der Waals surface area (Å²) >= 11 is 0. The normalized spacial score (nSPS) is 17.6. The summed E-state index contributed by atoms with van der Waals surface area (Å²) in [6, 6.07) is 10.1. The van der Waals surface area contributed by atoms with Crippen molar-refractivity contribution in [2.75, 3.05) is 18.4 Å². The third-order valence-electron chi connectivity index (χ3n) is 4.28. The number of hydrogen-bond acceptors (Lipinski definition) is 4. The van der Waals surface area contributed by atoms with Gasteiger partial charge in [0.05, 0.1) is 0 Å². The Morgan fingerprint density at radius 3 is 2.78 bits per heavy atom. The lowest BCUT2D eigenvalue weighted by atomic mass is 10.1. The highest BCUT2D eigenvalue weighted by atomic mass is 16.2. The summed E-state index contributed by atoms with van der Waals surface area (Å²) in [5.74, 6) is 1.17. The number of anilines is 1.